The Bertz CT molecular complexity index is 2000. The number of nitrogen functional groups attached to an aromatic ring is 1. The Morgan fingerprint density at radius 2 is 0.940 bits per heavy atom. The quantitative estimate of drug-likeness (QED) is 0.159. The molecule has 2 amide bonds. The third-order valence-electron chi connectivity index (χ3n) is 9.89. The van der Waals surface area contributed by atoms with Gasteiger partial charge in [0.2, 0.25) is 0 Å². The van der Waals surface area contributed by atoms with Crippen LogP contribution in [-0.2, 0) is 32.8 Å². The van der Waals surface area contributed by atoms with Gasteiger partial charge in [0.25, 0.3) is 0 Å². The molecule has 0 unspecified atom stereocenters. The maximum Gasteiger partial charge on any atom is 0.416 e. The SMILES string of the molecule is CC(C)(C)OC(=O)N1CCC(=O)CC1.CC(C)(C)OC(=O)N1CCC(Nc2cccc(C(F)(F)F)c2)CC1.FC(F)(F)c1cccc(NC2CC[NH2+]CC2)c1.Nc1cccc(C(F)(F)F)c1.[Cl-]. The van der Waals surface area contributed by atoms with E-state index in [0.717, 1.165) is 56.3 Å². The smallest absolute Gasteiger partial charge is 0.416 e. The monoisotopic (exact) mass is 984 g/mol. The number of piperidine rings is 3. The minimum Gasteiger partial charge on any atom is -1.00 e. The number of benzene rings is 3. The van der Waals surface area contributed by atoms with Gasteiger partial charge in [0.15, 0.2) is 0 Å². The Hall–Kier alpha value is -5.11. The molecule has 0 spiro atoms. The van der Waals surface area contributed by atoms with Crippen molar-refractivity contribution in [3.63, 3.8) is 0 Å². The molecule has 376 valence electrons. The van der Waals surface area contributed by atoms with Crippen molar-refractivity contribution in [1.29, 1.82) is 0 Å². The number of carbonyl (C=O) groups is 3. The number of alkyl halides is 9. The first kappa shape index (κ1) is 58.0. The van der Waals surface area contributed by atoms with Crippen molar-refractivity contribution in [3.8, 4) is 0 Å². The molecule has 6 rings (SSSR count). The van der Waals surface area contributed by atoms with Crippen LogP contribution in [0.2, 0.25) is 0 Å². The zero-order valence-corrected chi connectivity index (χ0v) is 39.2. The molecule has 0 saturated carbocycles. The summed E-state index contributed by atoms with van der Waals surface area (Å²) in [4.78, 5) is 37.7. The minimum atomic E-state index is -4.35. The zero-order valence-electron chi connectivity index (χ0n) is 38.4. The van der Waals surface area contributed by atoms with Gasteiger partial charge in [0.1, 0.15) is 17.0 Å². The average Bonchev–Trinajstić information content (AvgIpc) is 3.20. The van der Waals surface area contributed by atoms with Gasteiger partial charge in [-0.2, -0.15) is 39.5 Å². The van der Waals surface area contributed by atoms with Crippen LogP contribution in [0.4, 0.5) is 66.2 Å². The van der Waals surface area contributed by atoms with Gasteiger partial charge in [-0.3, -0.25) is 4.79 Å². The lowest BCUT2D eigenvalue weighted by Gasteiger charge is -2.34. The number of amides is 2. The van der Waals surface area contributed by atoms with Crippen LogP contribution in [-0.4, -0.2) is 90.3 Å². The standard InChI is InChI=1S/C17H23F3N2O2.C12H15F3N2.C10H17NO3.C7H6F3N.ClH/c1-16(2,3)24-15(23)22-9-7-13(8-10-22)21-14-6-4-5-12(11-14)17(18,19)20;13-12(14,15)9-2-1-3-11(8-9)17-10-4-6-16-7-5-10;1-10(2,3)14-9(13)11-6-4-8(12)5-7-11;8-7(9,10)5-2-1-3-6(11)4-5;/h4-6,11,13,21H,7-10H2,1-3H3;1-3,8,10,16-17H,4-7H2;4-7H2,1-3H3;1-4H,11H2;1H. The summed E-state index contributed by atoms with van der Waals surface area (Å²) in [7, 11) is 0. The van der Waals surface area contributed by atoms with Gasteiger partial charge in [0, 0.05) is 81.0 Å². The predicted octanol–water partition coefficient (Wildman–Crippen LogP) is 7.24. The molecule has 0 atom stereocenters. The predicted molar refractivity (Wildman–Crippen MR) is 234 cm³/mol. The summed E-state index contributed by atoms with van der Waals surface area (Å²) in [6.07, 6.45) is -9.34. The molecule has 3 aromatic carbocycles. The van der Waals surface area contributed by atoms with Crippen molar-refractivity contribution in [2.45, 2.75) is 122 Å². The lowest BCUT2D eigenvalue weighted by molar-refractivity contribution is -0.662. The van der Waals surface area contributed by atoms with Crippen LogP contribution in [0.15, 0.2) is 72.8 Å². The molecular formula is C46H62ClF9N6O5. The van der Waals surface area contributed by atoms with Crippen molar-refractivity contribution < 1.29 is 81.1 Å². The summed E-state index contributed by atoms with van der Waals surface area (Å²) < 4.78 is 122. The highest BCUT2D eigenvalue weighted by Crippen LogP contribution is 2.33. The number of likely N-dealkylation sites (tertiary alicyclic amines) is 2. The number of hydrogen-bond acceptors (Lipinski definition) is 8. The number of rotatable bonds is 4. The van der Waals surface area contributed by atoms with E-state index in [9.17, 15) is 53.9 Å². The first-order valence-electron chi connectivity index (χ1n) is 21.6. The molecule has 21 heteroatoms. The fraction of sp³-hybridized carbons (Fsp3) is 0.543. The number of ether oxygens (including phenoxy) is 2. The highest BCUT2D eigenvalue weighted by molar-refractivity contribution is 5.81. The number of nitrogens with zero attached hydrogens (tertiary/aromatic N) is 2. The third kappa shape index (κ3) is 22.5. The highest BCUT2D eigenvalue weighted by Gasteiger charge is 2.33. The number of carbonyl (C=O) groups excluding carboxylic acids is 3. The van der Waals surface area contributed by atoms with Crippen molar-refractivity contribution >= 4 is 35.0 Å². The van der Waals surface area contributed by atoms with Crippen LogP contribution in [0.5, 0.6) is 0 Å². The summed E-state index contributed by atoms with van der Waals surface area (Å²) in [5, 5.41) is 8.52. The Kier molecular flexibility index (Phi) is 21.9. The van der Waals surface area contributed by atoms with Gasteiger partial charge in [0.05, 0.1) is 29.8 Å². The lowest BCUT2D eigenvalue weighted by Crippen LogP contribution is -3.00. The molecule has 3 aromatic rings. The van der Waals surface area contributed by atoms with Crippen LogP contribution in [0.3, 0.4) is 0 Å². The number of anilines is 3. The van der Waals surface area contributed by atoms with Gasteiger partial charge in [-0.15, -0.1) is 0 Å². The van der Waals surface area contributed by atoms with E-state index in [0.29, 0.717) is 69.3 Å². The molecular weight excluding hydrogens is 923 g/mol. The van der Waals surface area contributed by atoms with E-state index in [1.807, 2.05) is 41.5 Å². The molecule has 11 nitrogen and oxygen atoms in total. The topological polar surface area (TPSA) is 143 Å². The molecule has 67 heavy (non-hydrogen) atoms. The number of nitrogens with one attached hydrogen (secondary N) is 2. The number of Topliss-reactive ketones (excluding diaryl/α,β-unsaturated/α-hetero) is 1. The molecule has 3 saturated heterocycles. The summed E-state index contributed by atoms with van der Waals surface area (Å²) in [5.74, 6) is 0.227. The largest absolute Gasteiger partial charge is 1.00 e. The average molecular weight is 985 g/mol. The molecule has 0 aromatic heterocycles. The highest BCUT2D eigenvalue weighted by atomic mass is 35.5. The number of halogens is 10. The molecule has 0 bridgehead atoms. The molecule has 6 N–H and O–H groups in total. The maximum atomic E-state index is 12.7. The van der Waals surface area contributed by atoms with Crippen molar-refractivity contribution in [3.05, 3.63) is 89.5 Å². The second-order valence-electron chi connectivity index (χ2n) is 18.0. The van der Waals surface area contributed by atoms with Crippen molar-refractivity contribution in [1.82, 2.24) is 9.80 Å². The number of nitrogens with two attached hydrogens (primary N) is 2. The van der Waals surface area contributed by atoms with Crippen LogP contribution >= 0.6 is 0 Å². The van der Waals surface area contributed by atoms with E-state index in [2.05, 4.69) is 16.0 Å². The zero-order chi connectivity index (χ0) is 49.5. The molecule has 3 aliphatic heterocycles. The van der Waals surface area contributed by atoms with Gasteiger partial charge >= 0.3 is 30.7 Å². The Morgan fingerprint density at radius 1 is 0.582 bits per heavy atom. The van der Waals surface area contributed by atoms with Gasteiger partial charge < -0.3 is 53.4 Å². The normalized spacial score (nSPS) is 16.3. The lowest BCUT2D eigenvalue weighted by atomic mass is 10.0. The van der Waals surface area contributed by atoms with Gasteiger partial charge in [-0.25, -0.2) is 9.59 Å². The number of ketones is 1. The van der Waals surface area contributed by atoms with E-state index in [1.165, 1.54) is 30.3 Å². The summed E-state index contributed by atoms with van der Waals surface area (Å²) in [6, 6.07) is 15.5. The van der Waals surface area contributed by atoms with E-state index < -0.39 is 46.4 Å². The summed E-state index contributed by atoms with van der Waals surface area (Å²) in [6.45, 7) is 15.0. The number of hydrogen-bond donors (Lipinski definition) is 4. The van der Waals surface area contributed by atoms with Gasteiger partial charge in [-0.1, -0.05) is 18.2 Å². The number of quaternary nitrogens is 1. The Labute approximate surface area is 392 Å². The minimum absolute atomic E-state index is 0. The van der Waals surface area contributed by atoms with Crippen LogP contribution in [0.25, 0.3) is 0 Å². The maximum absolute atomic E-state index is 12.7. The molecule has 3 fully saturated rings. The van der Waals surface area contributed by atoms with Crippen LogP contribution in [0, 0.1) is 0 Å². The fourth-order valence-corrected chi connectivity index (χ4v) is 6.63. The van der Waals surface area contributed by atoms with Crippen molar-refractivity contribution in [2.75, 3.05) is 55.6 Å². The van der Waals surface area contributed by atoms with Crippen molar-refractivity contribution in [2.24, 2.45) is 0 Å². The summed E-state index contributed by atoms with van der Waals surface area (Å²) >= 11 is 0. The third-order valence-corrected chi connectivity index (χ3v) is 9.89. The second kappa shape index (κ2) is 25.3. The first-order valence-corrected chi connectivity index (χ1v) is 21.6. The van der Waals surface area contributed by atoms with Crippen LogP contribution < -0.4 is 34.1 Å². The summed E-state index contributed by atoms with van der Waals surface area (Å²) in [5.41, 5.74) is 3.32. The second-order valence-corrected chi connectivity index (χ2v) is 18.0. The van der Waals surface area contributed by atoms with E-state index >= 15 is 0 Å². The fourth-order valence-electron chi connectivity index (χ4n) is 6.63. The Balaban J connectivity index is 0.000000318. The van der Waals surface area contributed by atoms with Crippen LogP contribution in [0.1, 0.15) is 96.8 Å². The van der Waals surface area contributed by atoms with Gasteiger partial charge in [-0.05, 0) is 109 Å². The molecule has 0 radical (unpaired) electrons. The molecule has 3 heterocycles. The van der Waals surface area contributed by atoms with E-state index in [1.54, 1.807) is 21.9 Å². The Morgan fingerprint density at radius 3 is 1.30 bits per heavy atom. The molecule has 3 aliphatic rings. The first-order chi connectivity index (χ1) is 30.5. The molecule has 0 aliphatic carbocycles. The van der Waals surface area contributed by atoms with E-state index in [4.69, 9.17) is 15.2 Å². The van der Waals surface area contributed by atoms with E-state index in [-0.39, 0.29) is 42.1 Å².